The third kappa shape index (κ3) is 5.65. The van der Waals surface area contributed by atoms with E-state index in [2.05, 4.69) is 10.2 Å². The van der Waals surface area contributed by atoms with Gasteiger partial charge in [0.05, 0.1) is 37.6 Å². The fourth-order valence-corrected chi connectivity index (χ4v) is 5.79. The Bertz CT molecular complexity index is 1120. The van der Waals surface area contributed by atoms with E-state index in [0.29, 0.717) is 41.6 Å². The zero-order valence-electron chi connectivity index (χ0n) is 21.1. The summed E-state index contributed by atoms with van der Waals surface area (Å²) in [5.41, 5.74) is 1.53. The number of hydrogen-bond donors (Lipinski definition) is 1. The lowest BCUT2D eigenvalue weighted by Crippen LogP contribution is -2.32. The summed E-state index contributed by atoms with van der Waals surface area (Å²) < 4.78 is 43.9. The highest BCUT2D eigenvalue weighted by atomic mass is 32.2. The van der Waals surface area contributed by atoms with Gasteiger partial charge >= 0.3 is 0 Å². The summed E-state index contributed by atoms with van der Waals surface area (Å²) in [6.45, 7) is 6.01. The fourth-order valence-electron chi connectivity index (χ4n) is 4.31. The number of piperidine rings is 1. The van der Waals surface area contributed by atoms with Gasteiger partial charge in [-0.15, -0.1) is 0 Å². The molecule has 0 spiro atoms. The van der Waals surface area contributed by atoms with Crippen molar-refractivity contribution in [3.05, 3.63) is 35.9 Å². The molecular weight excluding hydrogens is 470 g/mol. The maximum absolute atomic E-state index is 13.4. The molecule has 2 aromatic carbocycles. The van der Waals surface area contributed by atoms with E-state index in [1.807, 2.05) is 0 Å². The zero-order valence-corrected chi connectivity index (χ0v) is 21.9. The van der Waals surface area contributed by atoms with Gasteiger partial charge < -0.3 is 24.4 Å². The minimum Gasteiger partial charge on any atom is -0.493 e. The molecule has 0 aromatic heterocycles. The highest BCUT2D eigenvalue weighted by Crippen LogP contribution is 2.39. The van der Waals surface area contributed by atoms with Crippen LogP contribution in [-0.2, 0) is 10.0 Å². The average Bonchev–Trinajstić information content (AvgIpc) is 2.88. The van der Waals surface area contributed by atoms with Crippen LogP contribution in [0.25, 0.3) is 0 Å². The van der Waals surface area contributed by atoms with Crippen LogP contribution in [-0.4, -0.2) is 66.1 Å². The van der Waals surface area contributed by atoms with E-state index < -0.39 is 15.9 Å². The molecule has 0 saturated carbocycles. The third-order valence-corrected chi connectivity index (χ3v) is 8.23. The Kier molecular flexibility index (Phi) is 8.85. The van der Waals surface area contributed by atoms with E-state index in [1.54, 1.807) is 44.2 Å². The Labute approximate surface area is 208 Å². The number of sulfonamides is 1. The molecule has 1 heterocycles. The van der Waals surface area contributed by atoms with E-state index in [9.17, 15) is 13.2 Å². The van der Waals surface area contributed by atoms with Crippen LogP contribution in [0.3, 0.4) is 0 Å². The highest BCUT2D eigenvalue weighted by molar-refractivity contribution is 7.89. The molecule has 9 nitrogen and oxygen atoms in total. The second-order valence-corrected chi connectivity index (χ2v) is 10.1. The first-order valence-corrected chi connectivity index (χ1v) is 13.2. The van der Waals surface area contributed by atoms with Gasteiger partial charge in [-0.1, -0.05) is 13.8 Å². The average molecular weight is 506 g/mol. The molecule has 1 fully saturated rings. The maximum atomic E-state index is 13.4. The van der Waals surface area contributed by atoms with Crippen molar-refractivity contribution in [2.24, 2.45) is 0 Å². The molecular formula is C25H35N3O6S. The summed E-state index contributed by atoms with van der Waals surface area (Å²) in [5, 5.41) is 2.94. The molecule has 1 N–H and O–H groups in total. The third-order valence-electron chi connectivity index (χ3n) is 6.18. The molecule has 1 amide bonds. The summed E-state index contributed by atoms with van der Waals surface area (Å²) >= 11 is 0. The summed E-state index contributed by atoms with van der Waals surface area (Å²) in [6.07, 6.45) is 3.23. The standard InChI is InChI=1S/C25H35N3O6S/c1-6-28(7-2)35(30,31)19-11-12-21(27-13-9-8-10-14-27)20(17-19)26-25(29)18-15-22(32-3)24(34-5)23(16-18)33-4/h11-12,15-17H,6-10,13-14H2,1-5H3,(H,26,29). The number of benzene rings is 2. The summed E-state index contributed by atoms with van der Waals surface area (Å²) in [6, 6.07) is 8.08. The Morgan fingerprint density at radius 2 is 1.54 bits per heavy atom. The van der Waals surface area contributed by atoms with Crippen LogP contribution in [0.2, 0.25) is 0 Å². The van der Waals surface area contributed by atoms with Gasteiger partial charge in [-0.25, -0.2) is 8.42 Å². The molecule has 35 heavy (non-hydrogen) atoms. The van der Waals surface area contributed by atoms with E-state index in [1.165, 1.54) is 25.6 Å². The normalized spacial score (nSPS) is 14.1. The summed E-state index contributed by atoms with van der Waals surface area (Å²) in [4.78, 5) is 15.7. The molecule has 0 bridgehead atoms. The fraction of sp³-hybridized carbons (Fsp3) is 0.480. The first kappa shape index (κ1) is 26.6. The molecule has 10 heteroatoms. The number of hydrogen-bond acceptors (Lipinski definition) is 7. The van der Waals surface area contributed by atoms with Crippen LogP contribution >= 0.6 is 0 Å². The van der Waals surface area contributed by atoms with Gasteiger partial charge in [0.15, 0.2) is 11.5 Å². The smallest absolute Gasteiger partial charge is 0.255 e. The van der Waals surface area contributed by atoms with E-state index in [-0.39, 0.29) is 4.90 Å². The van der Waals surface area contributed by atoms with Crippen LogP contribution in [0.5, 0.6) is 17.2 Å². The van der Waals surface area contributed by atoms with Gasteiger partial charge in [0.2, 0.25) is 15.8 Å². The Morgan fingerprint density at radius 1 is 0.943 bits per heavy atom. The monoisotopic (exact) mass is 505 g/mol. The first-order valence-electron chi connectivity index (χ1n) is 11.8. The number of nitrogens with one attached hydrogen (secondary N) is 1. The molecule has 0 atom stereocenters. The van der Waals surface area contributed by atoms with Crippen LogP contribution in [0.4, 0.5) is 11.4 Å². The molecule has 3 rings (SSSR count). The van der Waals surface area contributed by atoms with Gasteiger partial charge in [-0.05, 0) is 49.6 Å². The Balaban J connectivity index is 2.05. The molecule has 0 radical (unpaired) electrons. The predicted molar refractivity (Wildman–Crippen MR) is 137 cm³/mol. The van der Waals surface area contributed by atoms with Crippen molar-refractivity contribution >= 4 is 27.3 Å². The number of ether oxygens (including phenoxy) is 3. The molecule has 1 aliphatic heterocycles. The number of carbonyl (C=O) groups is 1. The zero-order chi connectivity index (χ0) is 25.6. The van der Waals surface area contributed by atoms with Crippen molar-refractivity contribution in [3.63, 3.8) is 0 Å². The van der Waals surface area contributed by atoms with Gasteiger partial charge in [-0.3, -0.25) is 4.79 Å². The molecule has 1 saturated heterocycles. The number of anilines is 2. The van der Waals surface area contributed by atoms with Gasteiger partial charge in [0.25, 0.3) is 5.91 Å². The molecule has 192 valence electrons. The van der Waals surface area contributed by atoms with Crippen molar-refractivity contribution in [2.75, 3.05) is 57.7 Å². The maximum Gasteiger partial charge on any atom is 0.255 e. The number of amides is 1. The second-order valence-electron chi connectivity index (χ2n) is 8.18. The van der Waals surface area contributed by atoms with Crippen LogP contribution in [0, 0.1) is 0 Å². The van der Waals surface area contributed by atoms with E-state index >= 15 is 0 Å². The van der Waals surface area contributed by atoms with Gasteiger partial charge in [0, 0.05) is 31.7 Å². The topological polar surface area (TPSA) is 97.4 Å². The largest absolute Gasteiger partial charge is 0.493 e. The van der Waals surface area contributed by atoms with Crippen molar-refractivity contribution in [3.8, 4) is 17.2 Å². The minimum absolute atomic E-state index is 0.141. The van der Waals surface area contributed by atoms with Crippen molar-refractivity contribution < 1.29 is 27.4 Å². The molecule has 1 aliphatic rings. The molecule has 0 unspecified atom stereocenters. The van der Waals surface area contributed by atoms with Crippen molar-refractivity contribution in [2.45, 2.75) is 38.0 Å². The van der Waals surface area contributed by atoms with Crippen molar-refractivity contribution in [1.82, 2.24) is 4.31 Å². The predicted octanol–water partition coefficient (Wildman–Crippen LogP) is 3.99. The van der Waals surface area contributed by atoms with Crippen LogP contribution < -0.4 is 24.4 Å². The minimum atomic E-state index is -3.69. The highest BCUT2D eigenvalue weighted by Gasteiger charge is 2.25. The van der Waals surface area contributed by atoms with Crippen LogP contribution in [0.15, 0.2) is 35.2 Å². The van der Waals surface area contributed by atoms with Gasteiger partial charge in [-0.2, -0.15) is 4.31 Å². The second kappa shape index (κ2) is 11.6. The van der Waals surface area contributed by atoms with E-state index in [0.717, 1.165) is 38.0 Å². The lowest BCUT2D eigenvalue weighted by atomic mass is 10.1. The van der Waals surface area contributed by atoms with Crippen molar-refractivity contribution in [1.29, 1.82) is 0 Å². The first-order chi connectivity index (χ1) is 16.8. The number of rotatable bonds is 10. The SMILES string of the molecule is CCN(CC)S(=O)(=O)c1ccc(N2CCCCC2)c(NC(=O)c2cc(OC)c(OC)c(OC)c2)c1. The molecule has 0 aliphatic carbocycles. The summed E-state index contributed by atoms with van der Waals surface area (Å²) in [5.74, 6) is 0.671. The van der Waals surface area contributed by atoms with Gasteiger partial charge in [0.1, 0.15) is 0 Å². The molecule has 2 aromatic rings. The Hall–Kier alpha value is -2.98. The van der Waals surface area contributed by atoms with Crippen LogP contribution in [0.1, 0.15) is 43.5 Å². The number of methoxy groups -OCH3 is 3. The lowest BCUT2D eigenvalue weighted by Gasteiger charge is -2.31. The lowest BCUT2D eigenvalue weighted by molar-refractivity contribution is 0.102. The Morgan fingerprint density at radius 3 is 2.06 bits per heavy atom. The quantitative estimate of drug-likeness (QED) is 0.522. The van der Waals surface area contributed by atoms with E-state index in [4.69, 9.17) is 14.2 Å². The summed E-state index contributed by atoms with van der Waals surface area (Å²) in [7, 11) is 0.760. The number of carbonyl (C=O) groups excluding carboxylic acids is 1. The number of nitrogens with zero attached hydrogens (tertiary/aromatic N) is 2.